The van der Waals surface area contributed by atoms with Crippen LogP contribution in [-0.4, -0.2) is 11.7 Å². The number of hydrogen-bond acceptors (Lipinski definition) is 3. The Bertz CT molecular complexity index is 544. The van der Waals surface area contributed by atoms with Crippen LogP contribution in [0, 0.1) is 5.82 Å². The predicted molar refractivity (Wildman–Crippen MR) is 74.6 cm³/mol. The van der Waals surface area contributed by atoms with Crippen LogP contribution in [0.5, 0.6) is 0 Å². The highest BCUT2D eigenvalue weighted by Gasteiger charge is 2.02. The largest absolute Gasteiger partial charge is 0.397 e. The summed E-state index contributed by atoms with van der Waals surface area (Å²) in [5.41, 5.74) is 7.44. The summed E-state index contributed by atoms with van der Waals surface area (Å²) in [6.07, 6.45) is 1.40. The van der Waals surface area contributed by atoms with E-state index in [1.165, 1.54) is 25.3 Å². The molecule has 0 saturated carbocycles. The fraction of sp³-hybridized carbons (Fsp3) is 0.143. The molecule has 0 aliphatic heterocycles. The highest BCUT2D eigenvalue weighted by atomic mass is 19.1. The van der Waals surface area contributed by atoms with Gasteiger partial charge in [-0.05, 0) is 42.3 Å². The van der Waals surface area contributed by atoms with Gasteiger partial charge in [-0.3, -0.25) is 4.79 Å². The van der Waals surface area contributed by atoms with Crippen molar-refractivity contribution in [3.05, 3.63) is 54.0 Å². The van der Waals surface area contributed by atoms with E-state index in [1.54, 1.807) is 19.1 Å². The van der Waals surface area contributed by atoms with Crippen molar-refractivity contribution in [1.82, 2.24) is 5.32 Å². The number of nitrogens with two attached hydrogens (primary N) is 1. The van der Waals surface area contributed by atoms with Gasteiger partial charge in [-0.15, -0.1) is 0 Å². The van der Waals surface area contributed by atoms with E-state index in [1.807, 2.05) is 0 Å². The number of benzene rings is 1. The molecule has 0 saturated heterocycles. The molecule has 1 aromatic rings. The van der Waals surface area contributed by atoms with Gasteiger partial charge in [0.15, 0.2) is 0 Å². The van der Waals surface area contributed by atoms with E-state index < -0.39 is 0 Å². The first kappa shape index (κ1) is 14.6. The quantitative estimate of drug-likeness (QED) is 0.647. The van der Waals surface area contributed by atoms with E-state index in [0.717, 1.165) is 0 Å². The van der Waals surface area contributed by atoms with Crippen LogP contribution in [0.3, 0.4) is 0 Å². The molecule has 0 heterocycles. The van der Waals surface area contributed by atoms with Crippen molar-refractivity contribution in [2.75, 3.05) is 0 Å². The van der Waals surface area contributed by atoms with Gasteiger partial charge in [0.2, 0.25) is 5.91 Å². The first-order valence-corrected chi connectivity index (χ1v) is 5.63. The molecular weight excluding hydrogens is 245 g/mol. The van der Waals surface area contributed by atoms with Gasteiger partial charge in [0.25, 0.3) is 0 Å². The Balaban J connectivity index is 2.96. The number of aliphatic imine (C=N–C) groups is 1. The molecule has 3 N–H and O–H groups in total. The number of nitrogens with zero attached hydrogens (tertiary/aromatic N) is 1. The Morgan fingerprint density at radius 2 is 1.95 bits per heavy atom. The molecule has 0 atom stereocenters. The topological polar surface area (TPSA) is 67.5 Å². The van der Waals surface area contributed by atoms with Crippen molar-refractivity contribution in [2.24, 2.45) is 10.7 Å². The number of rotatable bonds is 3. The fourth-order valence-corrected chi connectivity index (χ4v) is 1.27. The van der Waals surface area contributed by atoms with Crippen molar-refractivity contribution in [3.8, 4) is 0 Å². The summed E-state index contributed by atoms with van der Waals surface area (Å²) in [4.78, 5) is 15.1. The van der Waals surface area contributed by atoms with Gasteiger partial charge in [-0.1, -0.05) is 6.58 Å². The molecule has 0 aliphatic rings. The van der Waals surface area contributed by atoms with Gasteiger partial charge in [0.05, 0.1) is 11.9 Å². The molecule has 100 valence electrons. The van der Waals surface area contributed by atoms with Gasteiger partial charge in [0, 0.05) is 6.92 Å². The van der Waals surface area contributed by atoms with Crippen LogP contribution in [0.15, 0.2) is 47.6 Å². The molecule has 1 rings (SSSR count). The third-order valence-electron chi connectivity index (χ3n) is 2.21. The van der Waals surface area contributed by atoms with Gasteiger partial charge in [-0.25, -0.2) is 9.38 Å². The van der Waals surface area contributed by atoms with Gasteiger partial charge >= 0.3 is 0 Å². The number of carbonyl (C=O) groups excluding carboxylic acids is 1. The SMILES string of the molecule is C=C(C)C(=N/C=C(\N)c1ccc(F)cc1)NC(C)=O. The zero-order chi connectivity index (χ0) is 14.4. The minimum Gasteiger partial charge on any atom is -0.397 e. The average molecular weight is 261 g/mol. The fourth-order valence-electron chi connectivity index (χ4n) is 1.27. The van der Waals surface area contributed by atoms with E-state index in [0.29, 0.717) is 22.7 Å². The molecule has 0 radical (unpaired) electrons. The van der Waals surface area contributed by atoms with Crippen LogP contribution in [0.2, 0.25) is 0 Å². The Kier molecular flexibility index (Phi) is 5.00. The average Bonchev–Trinajstić information content (AvgIpc) is 2.34. The highest BCUT2D eigenvalue weighted by Crippen LogP contribution is 2.10. The van der Waals surface area contributed by atoms with E-state index in [2.05, 4.69) is 16.9 Å². The second-order valence-corrected chi connectivity index (χ2v) is 4.03. The Morgan fingerprint density at radius 1 is 1.37 bits per heavy atom. The van der Waals surface area contributed by atoms with Crippen molar-refractivity contribution in [2.45, 2.75) is 13.8 Å². The van der Waals surface area contributed by atoms with E-state index in [9.17, 15) is 9.18 Å². The van der Waals surface area contributed by atoms with Crippen molar-refractivity contribution in [3.63, 3.8) is 0 Å². The van der Waals surface area contributed by atoms with Crippen LogP contribution in [-0.2, 0) is 4.79 Å². The highest BCUT2D eigenvalue weighted by molar-refractivity contribution is 6.06. The van der Waals surface area contributed by atoms with Gasteiger partial charge in [0.1, 0.15) is 11.7 Å². The van der Waals surface area contributed by atoms with E-state index in [-0.39, 0.29) is 11.7 Å². The molecule has 5 heteroatoms. The smallest absolute Gasteiger partial charge is 0.222 e. The molecule has 0 fully saturated rings. The van der Waals surface area contributed by atoms with Crippen molar-refractivity contribution in [1.29, 1.82) is 0 Å². The molecule has 0 spiro atoms. The second-order valence-electron chi connectivity index (χ2n) is 4.03. The number of carbonyl (C=O) groups is 1. The summed E-state index contributed by atoms with van der Waals surface area (Å²) in [5.74, 6) is -0.228. The summed E-state index contributed by atoms with van der Waals surface area (Å²) in [7, 11) is 0. The lowest BCUT2D eigenvalue weighted by atomic mass is 10.2. The molecule has 0 aliphatic carbocycles. The number of amides is 1. The minimum absolute atomic E-state index is 0.240. The van der Waals surface area contributed by atoms with Crippen molar-refractivity contribution >= 4 is 17.4 Å². The summed E-state index contributed by atoms with van der Waals surface area (Å²) < 4.78 is 12.8. The summed E-state index contributed by atoms with van der Waals surface area (Å²) in [6.45, 7) is 6.81. The summed E-state index contributed by atoms with van der Waals surface area (Å²) >= 11 is 0. The monoisotopic (exact) mass is 261 g/mol. The third kappa shape index (κ3) is 4.75. The summed E-state index contributed by atoms with van der Waals surface area (Å²) in [6, 6.07) is 5.73. The van der Waals surface area contributed by atoms with Crippen molar-refractivity contribution < 1.29 is 9.18 Å². The summed E-state index contributed by atoms with van der Waals surface area (Å²) in [5, 5.41) is 2.55. The molecule has 1 aromatic carbocycles. The zero-order valence-corrected chi connectivity index (χ0v) is 10.9. The number of hydrogen-bond donors (Lipinski definition) is 2. The van der Waals surface area contributed by atoms with Gasteiger partial charge in [-0.2, -0.15) is 0 Å². The van der Waals surface area contributed by atoms with E-state index in [4.69, 9.17) is 5.73 Å². The molecule has 19 heavy (non-hydrogen) atoms. The Labute approximate surface area is 111 Å². The Morgan fingerprint density at radius 3 is 2.42 bits per heavy atom. The first-order chi connectivity index (χ1) is 8.90. The lowest BCUT2D eigenvalue weighted by Crippen LogP contribution is -2.28. The molecular formula is C14H16FN3O. The number of nitrogens with one attached hydrogen (secondary N) is 1. The van der Waals surface area contributed by atoms with Crippen LogP contribution in [0.25, 0.3) is 5.70 Å². The molecule has 0 unspecified atom stereocenters. The molecule has 0 bridgehead atoms. The van der Waals surface area contributed by atoms with Crippen LogP contribution in [0.4, 0.5) is 4.39 Å². The van der Waals surface area contributed by atoms with Crippen LogP contribution in [0.1, 0.15) is 19.4 Å². The first-order valence-electron chi connectivity index (χ1n) is 5.63. The number of amidine groups is 1. The van der Waals surface area contributed by atoms with Crippen LogP contribution >= 0.6 is 0 Å². The lowest BCUT2D eigenvalue weighted by Gasteiger charge is -2.05. The van der Waals surface area contributed by atoms with E-state index >= 15 is 0 Å². The molecule has 4 nitrogen and oxygen atoms in total. The number of halogens is 1. The predicted octanol–water partition coefficient (Wildman–Crippen LogP) is 2.19. The maximum atomic E-state index is 12.8. The zero-order valence-electron chi connectivity index (χ0n) is 10.9. The minimum atomic E-state index is -0.332. The third-order valence-corrected chi connectivity index (χ3v) is 2.21. The van der Waals surface area contributed by atoms with Gasteiger partial charge < -0.3 is 11.1 Å². The lowest BCUT2D eigenvalue weighted by molar-refractivity contribution is -0.117. The molecule has 1 amide bonds. The normalized spacial score (nSPS) is 12.2. The standard InChI is InChI=1S/C14H16FN3O/c1-9(2)14(18-10(3)19)17-8-13(16)11-4-6-12(15)7-5-11/h4-8H,1,16H2,2-3H3,(H,17,18,19)/b13-8-. The second kappa shape index (κ2) is 6.49. The van der Waals surface area contributed by atoms with Crippen LogP contribution < -0.4 is 11.1 Å². The molecule has 0 aromatic heterocycles. The maximum absolute atomic E-state index is 12.8. The maximum Gasteiger partial charge on any atom is 0.222 e. The Hall–Kier alpha value is -2.43.